The maximum absolute atomic E-state index is 6.31. The van der Waals surface area contributed by atoms with Gasteiger partial charge in [0.25, 0.3) is 0 Å². The first kappa shape index (κ1) is 16.8. The van der Waals surface area contributed by atoms with Crippen LogP contribution in [-0.2, 0) is 0 Å². The fraction of sp³-hybridized carbons (Fsp3) is 0.136. The highest BCUT2D eigenvalue weighted by Gasteiger charge is 2.31. The van der Waals surface area contributed by atoms with Gasteiger partial charge in [-0.15, -0.1) is 0 Å². The number of benzene rings is 3. The molecule has 0 bridgehead atoms. The van der Waals surface area contributed by atoms with E-state index in [1.54, 1.807) is 0 Å². The van der Waals surface area contributed by atoms with Crippen LogP contribution in [0.5, 0.6) is 0 Å². The van der Waals surface area contributed by atoms with Gasteiger partial charge in [-0.3, -0.25) is 0 Å². The van der Waals surface area contributed by atoms with Gasteiger partial charge in [-0.05, 0) is 53.9 Å². The summed E-state index contributed by atoms with van der Waals surface area (Å²) in [6.45, 7) is 0. The highest BCUT2D eigenvalue weighted by molar-refractivity contribution is 9.10. The number of fused-ring (bicyclic) bond motifs is 3. The van der Waals surface area contributed by atoms with Crippen molar-refractivity contribution < 1.29 is 0 Å². The van der Waals surface area contributed by atoms with Gasteiger partial charge in [-0.1, -0.05) is 63.9 Å². The Kier molecular flexibility index (Phi) is 4.18. The predicted octanol–water partition coefficient (Wildman–Crippen LogP) is 6.60. The molecule has 5 heteroatoms. The third-order valence-corrected chi connectivity index (χ3v) is 5.94. The Hall–Kier alpha value is -2.30. The first-order valence-corrected chi connectivity index (χ1v) is 10.1. The number of anilines is 1. The van der Waals surface area contributed by atoms with Gasteiger partial charge in [0.1, 0.15) is 0 Å². The van der Waals surface area contributed by atoms with Gasteiger partial charge >= 0.3 is 0 Å². The lowest BCUT2D eigenvalue weighted by molar-refractivity contribution is 0.477. The molecule has 5 rings (SSSR count). The lowest BCUT2D eigenvalue weighted by Gasteiger charge is -2.33. The second-order valence-corrected chi connectivity index (χ2v) is 8.20. The van der Waals surface area contributed by atoms with Gasteiger partial charge in [-0.2, -0.15) is 0 Å². The molecule has 2 atom stereocenters. The number of imidazole rings is 1. The number of rotatable bonds is 2. The smallest absolute Gasteiger partial charge is 0.204 e. The molecule has 0 saturated carbocycles. The normalized spacial score (nSPS) is 18.9. The van der Waals surface area contributed by atoms with Crippen LogP contribution < -0.4 is 5.32 Å². The summed E-state index contributed by atoms with van der Waals surface area (Å²) in [7, 11) is 0. The van der Waals surface area contributed by atoms with Crippen LogP contribution in [-0.4, -0.2) is 9.55 Å². The molecule has 1 aliphatic heterocycles. The Labute approximate surface area is 171 Å². The first-order chi connectivity index (χ1) is 13.2. The zero-order valence-electron chi connectivity index (χ0n) is 14.4. The molecule has 0 saturated heterocycles. The minimum Gasteiger partial charge on any atom is -0.349 e. The highest BCUT2D eigenvalue weighted by atomic mass is 79.9. The molecule has 3 nitrogen and oxygen atoms in total. The monoisotopic (exact) mass is 437 g/mol. The van der Waals surface area contributed by atoms with Gasteiger partial charge in [0.05, 0.1) is 23.1 Å². The Bertz CT molecular complexity index is 1120. The largest absolute Gasteiger partial charge is 0.349 e. The van der Waals surface area contributed by atoms with Crippen molar-refractivity contribution in [3.63, 3.8) is 0 Å². The predicted molar refractivity (Wildman–Crippen MR) is 114 cm³/mol. The fourth-order valence-electron chi connectivity index (χ4n) is 3.92. The number of hydrogen-bond donors (Lipinski definition) is 1. The summed E-state index contributed by atoms with van der Waals surface area (Å²) >= 11 is 9.83. The van der Waals surface area contributed by atoms with E-state index in [9.17, 15) is 0 Å². The SMILES string of the molecule is Clc1cccc([C@H]2C[C@H](c3ccc(Br)cc3)Nc3nc4ccccc4n32)c1. The van der Waals surface area contributed by atoms with Crippen molar-refractivity contribution in [3.05, 3.63) is 93.4 Å². The lowest BCUT2D eigenvalue weighted by Crippen LogP contribution is -2.27. The average molecular weight is 439 g/mol. The summed E-state index contributed by atoms with van der Waals surface area (Å²) in [5.41, 5.74) is 4.60. The van der Waals surface area contributed by atoms with Crippen molar-refractivity contribution >= 4 is 44.5 Å². The van der Waals surface area contributed by atoms with Gasteiger partial charge < -0.3 is 9.88 Å². The van der Waals surface area contributed by atoms with Crippen LogP contribution in [0.3, 0.4) is 0 Å². The summed E-state index contributed by atoms with van der Waals surface area (Å²) < 4.78 is 3.39. The van der Waals surface area contributed by atoms with Crippen LogP contribution in [0, 0.1) is 0 Å². The molecular formula is C22H17BrClN3. The number of halogens is 2. The fourth-order valence-corrected chi connectivity index (χ4v) is 4.38. The molecule has 0 fully saturated rings. The van der Waals surface area contributed by atoms with Crippen LogP contribution in [0.1, 0.15) is 29.6 Å². The van der Waals surface area contributed by atoms with Crippen molar-refractivity contribution in [2.45, 2.75) is 18.5 Å². The Morgan fingerprint density at radius 3 is 2.59 bits per heavy atom. The van der Waals surface area contributed by atoms with Crippen LogP contribution in [0.25, 0.3) is 11.0 Å². The molecule has 0 aliphatic carbocycles. The minimum atomic E-state index is 0.168. The van der Waals surface area contributed by atoms with Crippen molar-refractivity contribution in [1.82, 2.24) is 9.55 Å². The molecule has 1 aromatic heterocycles. The molecule has 3 aromatic carbocycles. The van der Waals surface area contributed by atoms with E-state index in [2.05, 4.69) is 80.4 Å². The number of nitrogens with one attached hydrogen (secondary N) is 1. The molecule has 2 heterocycles. The molecule has 1 aliphatic rings. The molecule has 0 spiro atoms. The maximum Gasteiger partial charge on any atom is 0.204 e. The summed E-state index contributed by atoms with van der Waals surface area (Å²) in [6.07, 6.45) is 0.926. The van der Waals surface area contributed by atoms with E-state index in [1.165, 1.54) is 11.1 Å². The van der Waals surface area contributed by atoms with Gasteiger partial charge in [0.15, 0.2) is 0 Å². The van der Waals surface area contributed by atoms with Gasteiger partial charge in [0, 0.05) is 9.50 Å². The molecule has 27 heavy (non-hydrogen) atoms. The van der Waals surface area contributed by atoms with E-state index in [0.717, 1.165) is 32.9 Å². The summed E-state index contributed by atoms with van der Waals surface area (Å²) in [6, 6.07) is 25.3. The minimum absolute atomic E-state index is 0.168. The van der Waals surface area contributed by atoms with E-state index < -0.39 is 0 Å². The van der Waals surface area contributed by atoms with Crippen molar-refractivity contribution in [1.29, 1.82) is 0 Å². The van der Waals surface area contributed by atoms with Crippen LogP contribution in [0.2, 0.25) is 5.02 Å². The summed E-state index contributed by atoms with van der Waals surface area (Å²) in [5.74, 6) is 0.903. The Morgan fingerprint density at radius 2 is 1.78 bits per heavy atom. The number of para-hydroxylation sites is 2. The summed E-state index contributed by atoms with van der Waals surface area (Å²) in [5, 5.41) is 4.40. The van der Waals surface area contributed by atoms with E-state index >= 15 is 0 Å². The Balaban J connectivity index is 1.67. The van der Waals surface area contributed by atoms with Gasteiger partial charge in [0.2, 0.25) is 5.95 Å². The standard InChI is InChI=1S/C22H17BrClN3/c23-16-10-8-14(9-11-16)19-13-21(15-4-3-5-17(24)12-15)27-20-7-2-1-6-18(20)25-22(27)26-19/h1-12,19,21H,13H2,(H,25,26)/t19-,21-/m1/s1. The first-order valence-electron chi connectivity index (χ1n) is 8.93. The molecule has 1 N–H and O–H groups in total. The molecule has 0 amide bonds. The third kappa shape index (κ3) is 3.03. The zero-order chi connectivity index (χ0) is 18.4. The van der Waals surface area contributed by atoms with Crippen molar-refractivity contribution in [2.75, 3.05) is 5.32 Å². The lowest BCUT2D eigenvalue weighted by atomic mass is 9.93. The summed E-state index contributed by atoms with van der Waals surface area (Å²) in [4.78, 5) is 4.85. The third-order valence-electron chi connectivity index (χ3n) is 5.18. The van der Waals surface area contributed by atoms with Crippen LogP contribution in [0.4, 0.5) is 5.95 Å². The Morgan fingerprint density at radius 1 is 0.963 bits per heavy atom. The number of aromatic nitrogens is 2. The average Bonchev–Trinajstić information content (AvgIpc) is 3.06. The maximum atomic E-state index is 6.31. The molecule has 134 valence electrons. The molecule has 0 unspecified atom stereocenters. The highest BCUT2D eigenvalue weighted by Crippen LogP contribution is 2.41. The zero-order valence-corrected chi connectivity index (χ0v) is 16.8. The van der Waals surface area contributed by atoms with E-state index in [-0.39, 0.29) is 12.1 Å². The number of hydrogen-bond acceptors (Lipinski definition) is 2. The van der Waals surface area contributed by atoms with Gasteiger partial charge in [-0.25, -0.2) is 4.98 Å². The molecular weight excluding hydrogens is 422 g/mol. The molecule has 0 radical (unpaired) electrons. The van der Waals surface area contributed by atoms with Crippen molar-refractivity contribution in [2.24, 2.45) is 0 Å². The molecule has 4 aromatic rings. The second kappa shape index (κ2) is 6.70. The van der Waals surface area contributed by atoms with Crippen LogP contribution >= 0.6 is 27.5 Å². The van der Waals surface area contributed by atoms with E-state index in [0.29, 0.717) is 0 Å². The second-order valence-electron chi connectivity index (χ2n) is 6.85. The quantitative estimate of drug-likeness (QED) is 0.382. The van der Waals surface area contributed by atoms with E-state index in [4.69, 9.17) is 16.6 Å². The van der Waals surface area contributed by atoms with E-state index in [1.807, 2.05) is 18.2 Å². The number of nitrogens with zero attached hydrogens (tertiary/aromatic N) is 2. The van der Waals surface area contributed by atoms with Crippen LogP contribution in [0.15, 0.2) is 77.3 Å². The topological polar surface area (TPSA) is 29.9 Å². The van der Waals surface area contributed by atoms with Crippen molar-refractivity contribution in [3.8, 4) is 0 Å².